The van der Waals surface area contributed by atoms with Crippen molar-refractivity contribution in [3.05, 3.63) is 11.1 Å². The van der Waals surface area contributed by atoms with Crippen LogP contribution in [0.1, 0.15) is 61.3 Å². The predicted molar refractivity (Wildman–Crippen MR) is 70.7 cm³/mol. The second kappa shape index (κ2) is 6.09. The minimum absolute atomic E-state index is 0.410. The van der Waals surface area contributed by atoms with E-state index in [0.29, 0.717) is 5.41 Å². The molecule has 0 heterocycles. The highest BCUT2D eigenvalue weighted by molar-refractivity contribution is 5.98. The first-order chi connectivity index (χ1) is 6.78. The maximum Gasteiger partial charge on any atom is 0.0364 e. The van der Waals surface area contributed by atoms with Crippen LogP contribution < -0.4 is 0 Å². The molecule has 0 unspecified atom stereocenters. The van der Waals surface area contributed by atoms with Gasteiger partial charge in [0.25, 0.3) is 0 Å². The van der Waals surface area contributed by atoms with Crippen LogP contribution in [0.3, 0.4) is 0 Å². The largest absolute Gasteiger partial charge is 0.290 e. The van der Waals surface area contributed by atoms with E-state index in [0.717, 1.165) is 13.0 Å². The van der Waals surface area contributed by atoms with Gasteiger partial charge in [-0.15, -0.1) is 0 Å². The molecule has 0 saturated carbocycles. The molecule has 0 rings (SSSR count). The predicted octanol–water partition coefficient (Wildman–Crippen LogP) is 4.63. The van der Waals surface area contributed by atoms with E-state index < -0.39 is 0 Å². The van der Waals surface area contributed by atoms with Crippen molar-refractivity contribution in [2.75, 3.05) is 6.54 Å². The molecule has 0 aliphatic heterocycles. The maximum atomic E-state index is 4.51. The SMILES string of the molecule is CCN=C(C)C(CCC(C)(C)C)=C(C)C. The summed E-state index contributed by atoms with van der Waals surface area (Å²) in [6.07, 6.45) is 2.38. The van der Waals surface area contributed by atoms with Crippen molar-refractivity contribution < 1.29 is 0 Å². The van der Waals surface area contributed by atoms with E-state index >= 15 is 0 Å². The first-order valence-electron chi connectivity index (χ1n) is 5.95. The minimum atomic E-state index is 0.410. The molecule has 0 aliphatic rings. The molecule has 0 spiro atoms. The number of aliphatic imine (C=N–C) groups is 1. The molecule has 0 N–H and O–H groups in total. The van der Waals surface area contributed by atoms with E-state index in [1.54, 1.807) is 0 Å². The van der Waals surface area contributed by atoms with Gasteiger partial charge >= 0.3 is 0 Å². The summed E-state index contributed by atoms with van der Waals surface area (Å²) in [5.41, 5.74) is 4.50. The van der Waals surface area contributed by atoms with Crippen molar-refractivity contribution in [2.45, 2.75) is 61.3 Å². The van der Waals surface area contributed by atoms with E-state index in [2.05, 4.69) is 53.5 Å². The molecule has 0 aromatic carbocycles. The van der Waals surface area contributed by atoms with Crippen LogP contribution in [-0.4, -0.2) is 12.3 Å². The van der Waals surface area contributed by atoms with E-state index in [1.165, 1.54) is 23.3 Å². The summed E-state index contributed by atoms with van der Waals surface area (Å²) < 4.78 is 0. The van der Waals surface area contributed by atoms with Gasteiger partial charge in [0.2, 0.25) is 0 Å². The molecular weight excluding hydrogens is 182 g/mol. The third-order valence-electron chi connectivity index (χ3n) is 2.56. The average molecular weight is 209 g/mol. The zero-order valence-corrected chi connectivity index (χ0v) is 11.6. The topological polar surface area (TPSA) is 12.4 Å². The van der Waals surface area contributed by atoms with Crippen LogP contribution in [0.2, 0.25) is 0 Å². The third kappa shape index (κ3) is 6.48. The highest BCUT2D eigenvalue weighted by Crippen LogP contribution is 2.25. The zero-order valence-electron chi connectivity index (χ0n) is 11.6. The smallest absolute Gasteiger partial charge is 0.0364 e. The first kappa shape index (κ1) is 14.4. The van der Waals surface area contributed by atoms with Crippen molar-refractivity contribution in [2.24, 2.45) is 10.4 Å². The zero-order chi connectivity index (χ0) is 12.1. The Labute approximate surface area is 95.7 Å². The molecule has 1 heteroatoms. The molecule has 0 saturated heterocycles. The molecule has 1 nitrogen and oxygen atoms in total. The maximum absolute atomic E-state index is 4.51. The quantitative estimate of drug-likeness (QED) is 0.599. The summed E-state index contributed by atoms with van der Waals surface area (Å²) in [5.74, 6) is 0. The molecule has 0 bridgehead atoms. The molecule has 0 amide bonds. The van der Waals surface area contributed by atoms with Gasteiger partial charge in [0, 0.05) is 12.3 Å². The third-order valence-corrected chi connectivity index (χ3v) is 2.56. The van der Waals surface area contributed by atoms with Gasteiger partial charge in [-0.2, -0.15) is 0 Å². The van der Waals surface area contributed by atoms with Gasteiger partial charge in [-0.3, -0.25) is 4.99 Å². The van der Waals surface area contributed by atoms with Crippen molar-refractivity contribution in [1.82, 2.24) is 0 Å². The van der Waals surface area contributed by atoms with Crippen LogP contribution >= 0.6 is 0 Å². The Kier molecular flexibility index (Phi) is 5.85. The van der Waals surface area contributed by atoms with Crippen molar-refractivity contribution in [3.8, 4) is 0 Å². The Bertz CT molecular complexity index is 247. The van der Waals surface area contributed by atoms with Gasteiger partial charge in [0.05, 0.1) is 0 Å². The summed E-state index contributed by atoms with van der Waals surface area (Å²) in [4.78, 5) is 4.51. The Hall–Kier alpha value is -0.590. The fourth-order valence-corrected chi connectivity index (χ4v) is 1.63. The number of allylic oxidation sites excluding steroid dienone is 2. The molecule has 0 radical (unpaired) electrons. The van der Waals surface area contributed by atoms with Gasteiger partial charge in [-0.1, -0.05) is 26.3 Å². The molecular formula is C14H27N. The summed E-state index contributed by atoms with van der Waals surface area (Å²) in [6.45, 7) is 16.4. The molecule has 0 aromatic rings. The number of nitrogens with zero attached hydrogens (tertiary/aromatic N) is 1. The van der Waals surface area contributed by atoms with Gasteiger partial charge in [-0.05, 0) is 51.5 Å². The van der Waals surface area contributed by atoms with E-state index in [9.17, 15) is 0 Å². The van der Waals surface area contributed by atoms with Gasteiger partial charge in [0.15, 0.2) is 0 Å². The Morgan fingerprint density at radius 1 is 1.07 bits per heavy atom. The Morgan fingerprint density at radius 2 is 1.60 bits per heavy atom. The molecule has 0 atom stereocenters. The summed E-state index contributed by atoms with van der Waals surface area (Å²) in [5, 5.41) is 0. The van der Waals surface area contributed by atoms with Crippen molar-refractivity contribution >= 4 is 5.71 Å². The number of hydrogen-bond donors (Lipinski definition) is 0. The van der Waals surface area contributed by atoms with Crippen molar-refractivity contribution in [1.29, 1.82) is 0 Å². The Balaban J connectivity index is 4.60. The monoisotopic (exact) mass is 209 g/mol. The molecule has 88 valence electrons. The van der Waals surface area contributed by atoms with Gasteiger partial charge in [-0.25, -0.2) is 0 Å². The average Bonchev–Trinajstić information content (AvgIpc) is 2.01. The van der Waals surface area contributed by atoms with Gasteiger partial charge < -0.3 is 0 Å². The first-order valence-corrected chi connectivity index (χ1v) is 5.95. The van der Waals surface area contributed by atoms with Crippen LogP contribution in [0.4, 0.5) is 0 Å². The van der Waals surface area contributed by atoms with Crippen LogP contribution in [0.15, 0.2) is 16.1 Å². The van der Waals surface area contributed by atoms with Crippen LogP contribution in [0.5, 0.6) is 0 Å². The highest BCUT2D eigenvalue weighted by atomic mass is 14.7. The minimum Gasteiger partial charge on any atom is -0.290 e. The normalized spacial score (nSPS) is 12.9. The van der Waals surface area contributed by atoms with E-state index in [-0.39, 0.29) is 0 Å². The van der Waals surface area contributed by atoms with Crippen LogP contribution in [0, 0.1) is 5.41 Å². The van der Waals surface area contributed by atoms with Crippen molar-refractivity contribution in [3.63, 3.8) is 0 Å². The summed E-state index contributed by atoms with van der Waals surface area (Å²) in [6, 6.07) is 0. The molecule has 0 fully saturated rings. The van der Waals surface area contributed by atoms with E-state index in [1.807, 2.05) is 0 Å². The van der Waals surface area contributed by atoms with Crippen LogP contribution in [-0.2, 0) is 0 Å². The molecule has 0 aromatic heterocycles. The fraction of sp³-hybridized carbons (Fsp3) is 0.786. The summed E-state index contributed by atoms with van der Waals surface area (Å²) in [7, 11) is 0. The molecule has 15 heavy (non-hydrogen) atoms. The lowest BCUT2D eigenvalue weighted by Crippen LogP contribution is -2.09. The van der Waals surface area contributed by atoms with Crippen LogP contribution in [0.25, 0.3) is 0 Å². The van der Waals surface area contributed by atoms with Gasteiger partial charge in [0.1, 0.15) is 0 Å². The highest BCUT2D eigenvalue weighted by Gasteiger charge is 2.12. The summed E-state index contributed by atoms with van der Waals surface area (Å²) >= 11 is 0. The molecule has 0 aliphatic carbocycles. The second-order valence-electron chi connectivity index (χ2n) is 5.60. The fourth-order valence-electron chi connectivity index (χ4n) is 1.63. The lowest BCUT2D eigenvalue weighted by Gasteiger charge is -2.20. The lowest BCUT2D eigenvalue weighted by atomic mass is 9.87. The van der Waals surface area contributed by atoms with E-state index in [4.69, 9.17) is 0 Å². The standard InChI is InChI=1S/C14H27N/c1-8-15-12(4)13(11(2)3)9-10-14(5,6)7/h8-10H2,1-7H3. The lowest BCUT2D eigenvalue weighted by molar-refractivity contribution is 0.379. The Morgan fingerprint density at radius 3 is 1.93 bits per heavy atom. The second-order valence-corrected chi connectivity index (χ2v) is 5.60. The number of rotatable bonds is 4. The number of hydrogen-bond acceptors (Lipinski definition) is 1.